The van der Waals surface area contributed by atoms with Gasteiger partial charge in [0.2, 0.25) is 0 Å². The summed E-state index contributed by atoms with van der Waals surface area (Å²) >= 11 is 0. The third kappa shape index (κ3) is 3.42. The molecule has 22 heavy (non-hydrogen) atoms. The van der Waals surface area contributed by atoms with Crippen LogP contribution < -0.4 is 4.52 Å². The molecule has 0 heterocycles. The molecule has 0 saturated carbocycles. The van der Waals surface area contributed by atoms with Gasteiger partial charge in [-0.25, -0.2) is 4.57 Å². The second-order valence-electron chi connectivity index (χ2n) is 5.36. The second kappa shape index (κ2) is 7.33. The fourth-order valence-corrected chi connectivity index (χ4v) is 3.00. The molecule has 0 aliphatic heterocycles. The molecule has 2 aromatic rings. The lowest BCUT2D eigenvalue weighted by atomic mass is 9.90. The van der Waals surface area contributed by atoms with Crippen LogP contribution in [0.2, 0.25) is 0 Å². The van der Waals surface area contributed by atoms with Crippen LogP contribution in [0.4, 0.5) is 0 Å². The van der Waals surface area contributed by atoms with E-state index in [1.165, 1.54) is 0 Å². The molecule has 0 unspecified atom stereocenters. The number of hydrogen-bond donors (Lipinski definition) is 0. The number of ketones is 1. The first-order valence-electron chi connectivity index (χ1n) is 7.32. The SMILES string of the molecule is CCCc1cc(C)cc(C)c1C(=O)c1ccccc1OP=O. The summed E-state index contributed by atoms with van der Waals surface area (Å²) in [5, 5.41) is 0. The van der Waals surface area contributed by atoms with Gasteiger partial charge in [0, 0.05) is 5.56 Å². The molecule has 2 rings (SSSR count). The molecule has 0 N–H and O–H groups in total. The number of benzene rings is 2. The van der Waals surface area contributed by atoms with Crippen molar-refractivity contribution in [1.82, 2.24) is 0 Å². The number of carbonyl (C=O) groups is 1. The van der Waals surface area contributed by atoms with Gasteiger partial charge in [-0.3, -0.25) is 4.79 Å². The molecule has 3 nitrogen and oxygen atoms in total. The number of aryl methyl sites for hydroxylation is 3. The maximum atomic E-state index is 13.0. The molecular weight excluding hydrogens is 295 g/mol. The smallest absolute Gasteiger partial charge is 0.395 e. The normalized spacial score (nSPS) is 10.7. The van der Waals surface area contributed by atoms with E-state index >= 15 is 0 Å². The third-order valence-corrected chi connectivity index (χ3v) is 3.85. The van der Waals surface area contributed by atoms with Gasteiger partial charge < -0.3 is 4.52 Å². The van der Waals surface area contributed by atoms with Crippen molar-refractivity contribution in [3.63, 3.8) is 0 Å². The molecule has 2 aromatic carbocycles. The van der Waals surface area contributed by atoms with Gasteiger partial charge in [0.05, 0.1) is 5.56 Å². The molecule has 0 fully saturated rings. The predicted molar refractivity (Wildman–Crippen MR) is 88.0 cm³/mol. The first-order chi connectivity index (χ1) is 10.6. The summed E-state index contributed by atoms with van der Waals surface area (Å²) in [4.78, 5) is 13.0. The lowest BCUT2D eigenvalue weighted by Gasteiger charge is -2.14. The number of hydrogen-bond acceptors (Lipinski definition) is 3. The lowest BCUT2D eigenvalue weighted by molar-refractivity contribution is 0.103. The molecular formula is C18H19O3P. The van der Waals surface area contributed by atoms with E-state index in [-0.39, 0.29) is 5.78 Å². The summed E-state index contributed by atoms with van der Waals surface area (Å²) in [6.07, 6.45) is 1.83. The van der Waals surface area contributed by atoms with Crippen molar-refractivity contribution < 1.29 is 13.9 Å². The lowest BCUT2D eigenvalue weighted by Crippen LogP contribution is -2.09. The molecule has 0 aliphatic carbocycles. The van der Waals surface area contributed by atoms with E-state index in [1.54, 1.807) is 24.3 Å². The van der Waals surface area contributed by atoms with Gasteiger partial charge >= 0.3 is 8.69 Å². The average molecular weight is 314 g/mol. The zero-order valence-corrected chi connectivity index (χ0v) is 13.9. The zero-order valence-electron chi connectivity index (χ0n) is 13.1. The van der Waals surface area contributed by atoms with Crippen molar-refractivity contribution >= 4 is 14.5 Å². The van der Waals surface area contributed by atoms with E-state index < -0.39 is 8.69 Å². The summed E-state index contributed by atoms with van der Waals surface area (Å²) in [6.45, 7) is 6.09. The van der Waals surface area contributed by atoms with Crippen LogP contribution in [0.3, 0.4) is 0 Å². The fourth-order valence-electron chi connectivity index (χ4n) is 2.76. The molecule has 0 radical (unpaired) electrons. The standard InChI is InChI=1S/C18H19O3P/c1-4-7-14-11-12(2)10-13(3)17(14)18(19)15-8-5-6-9-16(15)21-22-20/h5-6,8-11H,4,7H2,1-3H3. The largest absolute Gasteiger partial charge is 0.407 e. The Kier molecular flexibility index (Phi) is 5.46. The minimum absolute atomic E-state index is 0.0831. The second-order valence-corrected chi connectivity index (χ2v) is 5.69. The Morgan fingerprint density at radius 2 is 1.91 bits per heavy atom. The van der Waals surface area contributed by atoms with Crippen LogP contribution in [0.1, 0.15) is 46.0 Å². The summed E-state index contributed by atoms with van der Waals surface area (Å²) in [5.41, 5.74) is 4.34. The Hall–Kier alpha value is -1.99. The van der Waals surface area contributed by atoms with Crippen molar-refractivity contribution in [3.8, 4) is 5.75 Å². The third-order valence-electron chi connectivity index (χ3n) is 3.58. The highest BCUT2D eigenvalue weighted by Crippen LogP contribution is 2.28. The van der Waals surface area contributed by atoms with Crippen molar-refractivity contribution in [2.24, 2.45) is 0 Å². The molecule has 0 bridgehead atoms. The van der Waals surface area contributed by atoms with Crippen LogP contribution in [0.25, 0.3) is 0 Å². The highest BCUT2D eigenvalue weighted by Gasteiger charge is 2.20. The quantitative estimate of drug-likeness (QED) is 0.552. The fraction of sp³-hybridized carbons (Fsp3) is 0.278. The maximum Gasteiger partial charge on any atom is 0.395 e. The first-order valence-corrected chi connectivity index (χ1v) is 8.05. The number of para-hydroxylation sites is 1. The number of rotatable bonds is 6. The minimum Gasteiger partial charge on any atom is -0.407 e. The van der Waals surface area contributed by atoms with E-state index in [0.29, 0.717) is 11.3 Å². The molecule has 0 aromatic heterocycles. The predicted octanol–water partition coefficient (Wildman–Crippen LogP) is 5.07. The van der Waals surface area contributed by atoms with Crippen molar-refractivity contribution in [3.05, 3.63) is 64.2 Å². The average Bonchev–Trinajstić information content (AvgIpc) is 2.47. The van der Waals surface area contributed by atoms with E-state index in [4.69, 9.17) is 4.52 Å². The van der Waals surface area contributed by atoms with E-state index in [9.17, 15) is 9.36 Å². The Balaban J connectivity index is 2.56. The van der Waals surface area contributed by atoms with Gasteiger partial charge in [-0.05, 0) is 43.5 Å². The molecule has 4 heteroatoms. The van der Waals surface area contributed by atoms with Gasteiger partial charge in [-0.2, -0.15) is 0 Å². The van der Waals surface area contributed by atoms with Gasteiger partial charge in [-0.1, -0.05) is 43.2 Å². The van der Waals surface area contributed by atoms with Crippen molar-refractivity contribution in [2.75, 3.05) is 0 Å². The Bertz CT molecular complexity index is 707. The van der Waals surface area contributed by atoms with Crippen molar-refractivity contribution in [2.45, 2.75) is 33.6 Å². The van der Waals surface area contributed by atoms with Crippen molar-refractivity contribution in [1.29, 1.82) is 0 Å². The first kappa shape index (κ1) is 16.4. The minimum atomic E-state index is -0.464. The zero-order chi connectivity index (χ0) is 16.1. The number of carbonyl (C=O) groups excluding carboxylic acids is 1. The summed E-state index contributed by atoms with van der Waals surface area (Å²) in [7, 11) is -0.464. The highest BCUT2D eigenvalue weighted by atomic mass is 31.1. The Labute approximate surface area is 132 Å². The molecule has 0 saturated heterocycles. The van der Waals surface area contributed by atoms with E-state index in [2.05, 4.69) is 13.0 Å². The Morgan fingerprint density at radius 1 is 1.18 bits per heavy atom. The highest BCUT2D eigenvalue weighted by molar-refractivity contribution is 7.17. The molecule has 114 valence electrons. The van der Waals surface area contributed by atoms with Crippen LogP contribution in [0.15, 0.2) is 36.4 Å². The van der Waals surface area contributed by atoms with Gasteiger partial charge in [-0.15, -0.1) is 0 Å². The van der Waals surface area contributed by atoms with E-state index in [0.717, 1.165) is 35.1 Å². The topological polar surface area (TPSA) is 43.4 Å². The monoisotopic (exact) mass is 314 g/mol. The van der Waals surface area contributed by atoms with Gasteiger partial charge in [0.25, 0.3) is 0 Å². The van der Waals surface area contributed by atoms with Crippen LogP contribution in [0.5, 0.6) is 5.75 Å². The van der Waals surface area contributed by atoms with Crippen LogP contribution in [0, 0.1) is 13.8 Å². The van der Waals surface area contributed by atoms with Gasteiger partial charge in [0.1, 0.15) is 5.75 Å². The van der Waals surface area contributed by atoms with E-state index in [1.807, 2.05) is 19.9 Å². The van der Waals surface area contributed by atoms with Crippen LogP contribution in [-0.4, -0.2) is 5.78 Å². The molecule has 0 amide bonds. The van der Waals surface area contributed by atoms with Gasteiger partial charge in [0.15, 0.2) is 5.78 Å². The summed E-state index contributed by atoms with van der Waals surface area (Å²) in [6, 6.07) is 11.0. The summed E-state index contributed by atoms with van der Waals surface area (Å²) in [5.74, 6) is 0.256. The van der Waals surface area contributed by atoms with Crippen LogP contribution >= 0.6 is 8.69 Å². The maximum absolute atomic E-state index is 13.0. The molecule has 0 atom stereocenters. The molecule has 0 aliphatic rings. The van der Waals surface area contributed by atoms with Crippen LogP contribution in [-0.2, 0) is 11.0 Å². The summed E-state index contributed by atoms with van der Waals surface area (Å²) < 4.78 is 15.8. The molecule has 0 spiro atoms. The Morgan fingerprint density at radius 3 is 2.59 bits per heavy atom.